The Kier molecular flexibility index (Phi) is 7.97. The molecule has 2 aliphatic rings. The van der Waals surface area contributed by atoms with E-state index < -0.39 is 17.8 Å². The summed E-state index contributed by atoms with van der Waals surface area (Å²) in [6.45, 7) is 10.1. The summed E-state index contributed by atoms with van der Waals surface area (Å²) in [5.74, 6) is -2.45. The maximum Gasteiger partial charge on any atom is 0.257 e. The van der Waals surface area contributed by atoms with Crippen LogP contribution >= 0.6 is 0 Å². The summed E-state index contributed by atoms with van der Waals surface area (Å²) in [6, 6.07) is 0. The normalized spacial score (nSPS) is 29.9. The zero-order valence-electron chi connectivity index (χ0n) is 18.6. The van der Waals surface area contributed by atoms with Gasteiger partial charge in [0.2, 0.25) is 11.8 Å². The summed E-state index contributed by atoms with van der Waals surface area (Å²) in [6.07, 6.45) is 3.42. The molecule has 0 aliphatic carbocycles. The number of hydroxylamine groups is 2. The lowest BCUT2D eigenvalue weighted by atomic mass is 9.73. The summed E-state index contributed by atoms with van der Waals surface area (Å²) in [4.78, 5) is 57.6. The van der Waals surface area contributed by atoms with Crippen LogP contribution in [0.4, 0.5) is 0 Å². The lowest BCUT2D eigenvalue weighted by molar-refractivity contribution is -0.189. The Bertz CT molecular complexity index is 649. The van der Waals surface area contributed by atoms with Gasteiger partial charge in [0.1, 0.15) is 0 Å². The van der Waals surface area contributed by atoms with Crippen LogP contribution in [0.5, 0.6) is 0 Å². The Morgan fingerprint density at radius 1 is 0.897 bits per heavy atom. The van der Waals surface area contributed by atoms with Crippen molar-refractivity contribution in [2.24, 2.45) is 35.5 Å². The van der Waals surface area contributed by atoms with E-state index in [9.17, 15) is 19.2 Å². The van der Waals surface area contributed by atoms with E-state index in [1.54, 1.807) is 14.0 Å². The average Bonchev–Trinajstić information content (AvgIpc) is 3.03. The Morgan fingerprint density at radius 3 is 2.10 bits per heavy atom. The van der Waals surface area contributed by atoms with Crippen molar-refractivity contribution in [3.05, 3.63) is 0 Å². The molecule has 7 heteroatoms. The fourth-order valence-corrected chi connectivity index (χ4v) is 4.62. The highest BCUT2D eigenvalue weighted by atomic mass is 16.7. The van der Waals surface area contributed by atoms with Crippen molar-refractivity contribution in [3.63, 3.8) is 0 Å². The largest absolute Gasteiger partial charge is 0.285 e. The number of hydrogen-bond acceptors (Lipinski definition) is 5. The van der Waals surface area contributed by atoms with Gasteiger partial charge in [-0.15, -0.1) is 0 Å². The standard InChI is InChI=1S/C22H36N2O5/c1-7-10-29-24-19(25)14(5)16(21(24)27)12-15(9-3)18-17(11-13(4)8-2)20(26)23(6)22(18)28/h13-18H,7-12H2,1-6H3. The van der Waals surface area contributed by atoms with E-state index in [0.29, 0.717) is 38.2 Å². The summed E-state index contributed by atoms with van der Waals surface area (Å²) in [5, 5.41) is 0.913. The van der Waals surface area contributed by atoms with Gasteiger partial charge in [-0.05, 0) is 31.1 Å². The van der Waals surface area contributed by atoms with Gasteiger partial charge in [-0.1, -0.05) is 47.5 Å². The van der Waals surface area contributed by atoms with Crippen molar-refractivity contribution in [2.45, 2.75) is 66.7 Å². The molecule has 0 aromatic carbocycles. The first kappa shape index (κ1) is 23.5. The summed E-state index contributed by atoms with van der Waals surface area (Å²) < 4.78 is 0. The minimum atomic E-state index is -0.512. The van der Waals surface area contributed by atoms with E-state index in [-0.39, 0.29) is 35.5 Å². The molecular formula is C22H36N2O5. The maximum absolute atomic E-state index is 12.9. The molecule has 0 aromatic heterocycles. The molecule has 2 aliphatic heterocycles. The van der Waals surface area contributed by atoms with E-state index in [1.165, 1.54) is 4.90 Å². The lowest BCUT2D eigenvalue weighted by Gasteiger charge is -2.28. The fourth-order valence-electron chi connectivity index (χ4n) is 4.62. The number of rotatable bonds is 10. The molecule has 0 N–H and O–H groups in total. The van der Waals surface area contributed by atoms with Crippen LogP contribution in [0.2, 0.25) is 0 Å². The molecule has 7 nitrogen and oxygen atoms in total. The highest BCUT2D eigenvalue weighted by Gasteiger charge is 2.52. The molecule has 164 valence electrons. The van der Waals surface area contributed by atoms with Crippen molar-refractivity contribution in [1.82, 2.24) is 9.96 Å². The van der Waals surface area contributed by atoms with Crippen LogP contribution in [0.1, 0.15) is 66.7 Å². The van der Waals surface area contributed by atoms with Gasteiger partial charge in [0.15, 0.2) is 0 Å². The van der Waals surface area contributed by atoms with Gasteiger partial charge in [0.25, 0.3) is 11.8 Å². The Labute approximate surface area is 174 Å². The van der Waals surface area contributed by atoms with Gasteiger partial charge < -0.3 is 0 Å². The minimum Gasteiger partial charge on any atom is -0.285 e. The van der Waals surface area contributed by atoms with E-state index >= 15 is 0 Å². The molecule has 0 aromatic rings. The number of amides is 4. The van der Waals surface area contributed by atoms with Crippen LogP contribution in [0.15, 0.2) is 0 Å². The Balaban J connectivity index is 2.23. The van der Waals surface area contributed by atoms with Crippen molar-refractivity contribution in [2.75, 3.05) is 13.7 Å². The molecule has 4 amide bonds. The van der Waals surface area contributed by atoms with Crippen molar-refractivity contribution in [1.29, 1.82) is 0 Å². The number of likely N-dealkylation sites (tertiary alicyclic amines) is 1. The van der Waals surface area contributed by atoms with Gasteiger partial charge in [0, 0.05) is 13.0 Å². The van der Waals surface area contributed by atoms with Crippen LogP contribution in [-0.4, -0.2) is 47.2 Å². The second-order valence-corrected chi connectivity index (χ2v) is 8.72. The van der Waals surface area contributed by atoms with E-state index in [0.717, 1.165) is 11.5 Å². The number of hydrogen-bond donors (Lipinski definition) is 0. The predicted molar refractivity (Wildman–Crippen MR) is 108 cm³/mol. The molecule has 2 heterocycles. The third-order valence-electron chi connectivity index (χ3n) is 6.77. The van der Waals surface area contributed by atoms with E-state index in [2.05, 4.69) is 13.8 Å². The fraction of sp³-hybridized carbons (Fsp3) is 0.818. The number of imide groups is 2. The van der Waals surface area contributed by atoms with Crippen LogP contribution in [-0.2, 0) is 24.0 Å². The van der Waals surface area contributed by atoms with Gasteiger partial charge in [0.05, 0.1) is 24.4 Å². The zero-order chi connectivity index (χ0) is 21.9. The lowest BCUT2D eigenvalue weighted by Crippen LogP contribution is -2.33. The topological polar surface area (TPSA) is 84.0 Å². The van der Waals surface area contributed by atoms with Crippen LogP contribution in [0.3, 0.4) is 0 Å². The Hall–Kier alpha value is -1.76. The molecule has 0 spiro atoms. The number of carbonyl (C=O) groups excluding carboxylic acids is 4. The van der Waals surface area contributed by atoms with E-state index in [4.69, 9.17) is 4.84 Å². The first-order chi connectivity index (χ1) is 13.7. The summed E-state index contributed by atoms with van der Waals surface area (Å²) in [5.41, 5.74) is 0. The SMILES string of the molecule is CCCON1C(=O)C(C)C(CC(CC)C2C(=O)N(C)C(=O)C2CC(C)CC)C1=O. The van der Waals surface area contributed by atoms with Gasteiger partial charge >= 0.3 is 0 Å². The highest BCUT2D eigenvalue weighted by Crippen LogP contribution is 2.42. The van der Waals surface area contributed by atoms with Crippen LogP contribution in [0, 0.1) is 35.5 Å². The third-order valence-corrected chi connectivity index (χ3v) is 6.77. The monoisotopic (exact) mass is 408 g/mol. The predicted octanol–water partition coefficient (Wildman–Crippen LogP) is 3.03. The molecule has 2 fully saturated rings. The highest BCUT2D eigenvalue weighted by molar-refractivity contribution is 6.05. The minimum absolute atomic E-state index is 0.117. The molecule has 2 rings (SSSR count). The molecule has 29 heavy (non-hydrogen) atoms. The van der Waals surface area contributed by atoms with Crippen LogP contribution < -0.4 is 0 Å². The Morgan fingerprint density at radius 2 is 1.55 bits per heavy atom. The first-order valence-corrected chi connectivity index (χ1v) is 11.0. The summed E-state index contributed by atoms with van der Waals surface area (Å²) >= 11 is 0. The molecule has 6 unspecified atom stereocenters. The molecule has 0 bridgehead atoms. The molecule has 6 atom stereocenters. The average molecular weight is 409 g/mol. The van der Waals surface area contributed by atoms with Crippen molar-refractivity contribution >= 4 is 23.6 Å². The quantitative estimate of drug-likeness (QED) is 0.519. The zero-order valence-corrected chi connectivity index (χ0v) is 18.6. The van der Waals surface area contributed by atoms with Crippen LogP contribution in [0.25, 0.3) is 0 Å². The molecular weight excluding hydrogens is 372 g/mol. The number of nitrogens with zero attached hydrogens (tertiary/aromatic N) is 2. The third kappa shape index (κ3) is 4.55. The van der Waals surface area contributed by atoms with Gasteiger partial charge in [-0.2, -0.15) is 5.06 Å². The van der Waals surface area contributed by atoms with Gasteiger partial charge in [-0.3, -0.25) is 28.9 Å². The van der Waals surface area contributed by atoms with Crippen molar-refractivity contribution < 1.29 is 24.0 Å². The van der Waals surface area contributed by atoms with E-state index in [1.807, 2.05) is 13.8 Å². The van der Waals surface area contributed by atoms with Crippen molar-refractivity contribution in [3.8, 4) is 0 Å². The smallest absolute Gasteiger partial charge is 0.257 e. The molecule has 0 radical (unpaired) electrons. The maximum atomic E-state index is 12.9. The second-order valence-electron chi connectivity index (χ2n) is 8.72. The molecule has 2 saturated heterocycles. The number of carbonyl (C=O) groups is 4. The second kappa shape index (κ2) is 9.83. The molecule has 0 saturated carbocycles. The summed E-state index contributed by atoms with van der Waals surface area (Å²) in [7, 11) is 1.55. The first-order valence-electron chi connectivity index (χ1n) is 11.0. The van der Waals surface area contributed by atoms with Gasteiger partial charge in [-0.25, -0.2) is 0 Å².